The zero-order chi connectivity index (χ0) is 24.3. The number of nitrogens with one attached hydrogen (secondary N) is 2. The van der Waals surface area contributed by atoms with E-state index in [-0.39, 0.29) is 11.9 Å². The van der Waals surface area contributed by atoms with Crippen molar-refractivity contribution >= 4 is 34.4 Å². The molecule has 1 aliphatic rings. The molecule has 0 saturated carbocycles. The maximum absolute atomic E-state index is 12.9. The van der Waals surface area contributed by atoms with Gasteiger partial charge in [0, 0.05) is 41.3 Å². The van der Waals surface area contributed by atoms with Crippen molar-refractivity contribution < 1.29 is 19.4 Å². The Balaban J connectivity index is 1.84. The molecule has 0 aliphatic carbocycles. The first-order chi connectivity index (χ1) is 15.4. The predicted molar refractivity (Wildman–Crippen MR) is 128 cm³/mol. The summed E-state index contributed by atoms with van der Waals surface area (Å²) in [6.07, 6.45) is 3.23. The molecule has 3 rings (SSSR count). The lowest BCUT2D eigenvalue weighted by Crippen LogP contribution is -2.36. The molecular formula is C24H33N5O4. The van der Waals surface area contributed by atoms with Gasteiger partial charge in [-0.3, -0.25) is 9.69 Å². The summed E-state index contributed by atoms with van der Waals surface area (Å²) < 4.78 is 5.41. The number of nitrogens with zero attached hydrogens (tertiary/aromatic N) is 3. The summed E-state index contributed by atoms with van der Waals surface area (Å²) in [5, 5.41) is 17.7. The number of aliphatic hydroxyl groups is 1. The minimum absolute atomic E-state index is 0.127. The molecule has 0 saturated heterocycles. The Morgan fingerprint density at radius 2 is 1.94 bits per heavy atom. The number of rotatable bonds is 5. The number of aromatic nitrogens is 2. The zero-order valence-electron chi connectivity index (χ0n) is 20.1. The maximum Gasteiger partial charge on any atom is 0.414 e. The Morgan fingerprint density at radius 3 is 2.58 bits per heavy atom. The van der Waals surface area contributed by atoms with Crippen LogP contribution in [-0.4, -0.2) is 50.2 Å². The standard InChI is InChI=1S/C24H33N5O4/c1-14(2)26-21-18-11-20(25-12-17(18)10-19(27-21)15(3)30)28-22(31)16-8-7-9-29(13-16)23(32)33-24(4,5)6/h10-15,30H,7-9H2,1-6H3,(H,26,27)(H,25,28,31)/t15-/m1/s1. The minimum Gasteiger partial charge on any atom is -0.443 e. The molecule has 1 aliphatic heterocycles. The van der Waals surface area contributed by atoms with Crippen molar-refractivity contribution in [1.82, 2.24) is 14.9 Å². The van der Waals surface area contributed by atoms with E-state index < -0.39 is 17.8 Å². The molecule has 2 amide bonds. The molecule has 9 heteroatoms. The number of carbonyl (C=O) groups is 2. The molecule has 178 valence electrons. The smallest absolute Gasteiger partial charge is 0.414 e. The van der Waals surface area contributed by atoms with Crippen LogP contribution in [0.3, 0.4) is 0 Å². The van der Waals surface area contributed by atoms with Gasteiger partial charge in [0.1, 0.15) is 17.2 Å². The molecular weight excluding hydrogens is 422 g/mol. The number of pyridine rings is 2. The van der Waals surface area contributed by atoms with Gasteiger partial charge in [0.25, 0.3) is 5.91 Å². The molecule has 33 heavy (non-hydrogen) atoms. The fourth-order valence-corrected chi connectivity index (χ4v) is 3.42. The van der Waals surface area contributed by atoms with Gasteiger partial charge in [0.2, 0.25) is 0 Å². The van der Waals surface area contributed by atoms with Gasteiger partial charge < -0.3 is 20.5 Å². The molecule has 2 aromatic rings. The van der Waals surface area contributed by atoms with Crippen LogP contribution >= 0.6 is 0 Å². The maximum atomic E-state index is 12.9. The average molecular weight is 456 g/mol. The Kier molecular flexibility index (Phi) is 7.22. The summed E-state index contributed by atoms with van der Waals surface area (Å²) in [6.45, 7) is 11.6. The highest BCUT2D eigenvalue weighted by Crippen LogP contribution is 2.28. The second kappa shape index (κ2) is 9.74. The second-order valence-electron chi connectivity index (χ2n) is 9.55. The van der Waals surface area contributed by atoms with Gasteiger partial charge in [-0.2, -0.15) is 0 Å². The van der Waals surface area contributed by atoms with E-state index in [2.05, 4.69) is 20.6 Å². The largest absolute Gasteiger partial charge is 0.443 e. The van der Waals surface area contributed by atoms with E-state index in [9.17, 15) is 14.7 Å². The third-order valence-corrected chi connectivity index (χ3v) is 4.91. The molecule has 3 N–H and O–H groups in total. The SMILES string of the molecule is CC(C)Nc1nc([C@@H](C)O)cc2cnc(NC(=O)C3=CN(C(=O)OC(C)(C)C)CCC3)cc12. The van der Waals surface area contributed by atoms with Crippen LogP contribution in [0, 0.1) is 0 Å². The third kappa shape index (κ3) is 6.41. The zero-order valence-corrected chi connectivity index (χ0v) is 20.1. The molecule has 0 unspecified atom stereocenters. The summed E-state index contributed by atoms with van der Waals surface area (Å²) in [5.74, 6) is 0.674. The van der Waals surface area contributed by atoms with E-state index in [0.717, 1.165) is 10.8 Å². The van der Waals surface area contributed by atoms with Crippen LogP contribution < -0.4 is 10.6 Å². The quantitative estimate of drug-likeness (QED) is 0.613. The summed E-state index contributed by atoms with van der Waals surface area (Å²) in [7, 11) is 0. The molecule has 0 bridgehead atoms. The van der Waals surface area contributed by atoms with Gasteiger partial charge in [-0.15, -0.1) is 0 Å². The molecule has 9 nitrogen and oxygen atoms in total. The fourth-order valence-electron chi connectivity index (χ4n) is 3.42. The number of aliphatic hydroxyl groups excluding tert-OH is 1. The van der Waals surface area contributed by atoms with E-state index in [0.29, 0.717) is 42.3 Å². The van der Waals surface area contributed by atoms with Crippen LogP contribution in [0.5, 0.6) is 0 Å². The van der Waals surface area contributed by atoms with E-state index in [1.165, 1.54) is 4.90 Å². The summed E-state index contributed by atoms with van der Waals surface area (Å²) in [6, 6.07) is 3.67. The van der Waals surface area contributed by atoms with Crippen molar-refractivity contribution in [2.45, 2.75) is 72.1 Å². The molecule has 0 radical (unpaired) electrons. The lowest BCUT2D eigenvalue weighted by atomic mass is 10.1. The monoisotopic (exact) mass is 455 g/mol. The fraction of sp³-hybridized carbons (Fsp3) is 0.500. The Labute approximate surface area is 194 Å². The third-order valence-electron chi connectivity index (χ3n) is 4.91. The number of fused-ring (bicyclic) bond motifs is 1. The Morgan fingerprint density at radius 1 is 1.21 bits per heavy atom. The highest BCUT2D eigenvalue weighted by molar-refractivity contribution is 6.05. The molecule has 0 spiro atoms. The predicted octanol–water partition coefficient (Wildman–Crippen LogP) is 4.36. The molecule has 0 aromatic carbocycles. The van der Waals surface area contributed by atoms with E-state index in [1.807, 2.05) is 13.8 Å². The Bertz CT molecular complexity index is 1070. The van der Waals surface area contributed by atoms with Crippen molar-refractivity contribution in [3.8, 4) is 0 Å². The van der Waals surface area contributed by atoms with Crippen LogP contribution in [0.15, 0.2) is 30.1 Å². The summed E-state index contributed by atoms with van der Waals surface area (Å²) in [5.41, 5.74) is 0.416. The van der Waals surface area contributed by atoms with Gasteiger partial charge in [0.05, 0.1) is 11.8 Å². The first-order valence-electron chi connectivity index (χ1n) is 11.2. The van der Waals surface area contributed by atoms with E-state index in [1.54, 1.807) is 52.2 Å². The molecule has 1 atom stereocenters. The number of hydrogen-bond donors (Lipinski definition) is 3. The number of amides is 2. The van der Waals surface area contributed by atoms with Gasteiger partial charge in [-0.1, -0.05) is 0 Å². The molecule has 2 aromatic heterocycles. The van der Waals surface area contributed by atoms with Crippen molar-refractivity contribution in [3.63, 3.8) is 0 Å². The van der Waals surface area contributed by atoms with E-state index in [4.69, 9.17) is 4.74 Å². The van der Waals surface area contributed by atoms with Crippen molar-refractivity contribution in [2.24, 2.45) is 0 Å². The van der Waals surface area contributed by atoms with Crippen LogP contribution in [0.4, 0.5) is 16.4 Å². The van der Waals surface area contributed by atoms with Crippen LogP contribution in [-0.2, 0) is 9.53 Å². The average Bonchev–Trinajstić information content (AvgIpc) is 2.72. The van der Waals surface area contributed by atoms with Crippen LogP contribution in [0.1, 0.15) is 66.2 Å². The lowest BCUT2D eigenvalue weighted by Gasteiger charge is -2.28. The van der Waals surface area contributed by atoms with Crippen LogP contribution in [0.2, 0.25) is 0 Å². The summed E-state index contributed by atoms with van der Waals surface area (Å²) in [4.78, 5) is 35.6. The van der Waals surface area contributed by atoms with Crippen LogP contribution in [0.25, 0.3) is 10.8 Å². The van der Waals surface area contributed by atoms with Gasteiger partial charge in [-0.25, -0.2) is 14.8 Å². The van der Waals surface area contributed by atoms with Gasteiger partial charge in [0.15, 0.2) is 0 Å². The van der Waals surface area contributed by atoms with E-state index >= 15 is 0 Å². The number of carbonyl (C=O) groups excluding carboxylic acids is 2. The molecule has 3 heterocycles. The highest BCUT2D eigenvalue weighted by Gasteiger charge is 2.25. The van der Waals surface area contributed by atoms with Crippen molar-refractivity contribution in [2.75, 3.05) is 17.2 Å². The first-order valence-corrected chi connectivity index (χ1v) is 11.2. The summed E-state index contributed by atoms with van der Waals surface area (Å²) >= 11 is 0. The second-order valence-corrected chi connectivity index (χ2v) is 9.55. The minimum atomic E-state index is -0.715. The first kappa shape index (κ1) is 24.4. The topological polar surface area (TPSA) is 117 Å². The molecule has 0 fully saturated rings. The normalized spacial score (nSPS) is 15.3. The number of ether oxygens (including phenoxy) is 1. The highest BCUT2D eigenvalue weighted by atomic mass is 16.6. The Hall–Kier alpha value is -3.20. The lowest BCUT2D eigenvalue weighted by molar-refractivity contribution is -0.113. The van der Waals surface area contributed by atoms with Crippen molar-refractivity contribution in [3.05, 3.63) is 35.8 Å². The number of anilines is 2. The van der Waals surface area contributed by atoms with Gasteiger partial charge >= 0.3 is 6.09 Å². The van der Waals surface area contributed by atoms with Crippen molar-refractivity contribution in [1.29, 1.82) is 0 Å². The van der Waals surface area contributed by atoms with Gasteiger partial charge in [-0.05, 0) is 66.5 Å². The number of hydrogen-bond acceptors (Lipinski definition) is 7.